The van der Waals surface area contributed by atoms with Gasteiger partial charge in [0.15, 0.2) is 0 Å². The van der Waals surface area contributed by atoms with Gasteiger partial charge in [-0.2, -0.15) is 0 Å². The molecule has 1 unspecified atom stereocenters. The maximum atomic E-state index is 11.7. The Hall–Kier alpha value is -1.11. The van der Waals surface area contributed by atoms with E-state index >= 15 is 0 Å². The summed E-state index contributed by atoms with van der Waals surface area (Å²) in [6.45, 7) is 7.06. The van der Waals surface area contributed by atoms with Crippen LogP contribution in [0.1, 0.15) is 43.7 Å². The molecule has 118 valence electrons. The van der Waals surface area contributed by atoms with E-state index in [2.05, 4.69) is 0 Å². The van der Waals surface area contributed by atoms with E-state index in [4.69, 9.17) is 14.6 Å². The smallest absolute Gasteiger partial charge is 0.238 e. The predicted molar refractivity (Wildman–Crippen MR) is 81.1 cm³/mol. The molecular weight excluding hydrogens is 290 g/mol. The van der Waals surface area contributed by atoms with Crippen molar-refractivity contribution >= 4 is 10.0 Å². The summed E-state index contributed by atoms with van der Waals surface area (Å²) < 4.78 is 34.9. The van der Waals surface area contributed by atoms with Crippen LogP contribution in [0.25, 0.3) is 0 Å². The molecule has 0 spiro atoms. The third kappa shape index (κ3) is 3.96. The Morgan fingerprint density at radius 1 is 1.38 bits per heavy atom. The second-order valence-corrected chi connectivity index (χ2v) is 7.34. The molecule has 6 heteroatoms. The number of sulfonamides is 1. The zero-order chi connectivity index (χ0) is 15.6. The summed E-state index contributed by atoms with van der Waals surface area (Å²) in [6.07, 6.45) is 1.96. The van der Waals surface area contributed by atoms with Crippen LogP contribution in [0.2, 0.25) is 0 Å². The van der Waals surface area contributed by atoms with Gasteiger partial charge in [0.1, 0.15) is 11.9 Å². The van der Waals surface area contributed by atoms with Crippen LogP contribution in [-0.4, -0.2) is 27.7 Å². The molecule has 2 rings (SSSR count). The van der Waals surface area contributed by atoms with Gasteiger partial charge in [-0.25, -0.2) is 13.6 Å². The van der Waals surface area contributed by atoms with Gasteiger partial charge in [-0.15, -0.1) is 0 Å². The number of rotatable bonds is 4. The summed E-state index contributed by atoms with van der Waals surface area (Å²) >= 11 is 0. The van der Waals surface area contributed by atoms with E-state index in [0.717, 1.165) is 25.0 Å². The highest BCUT2D eigenvalue weighted by atomic mass is 32.2. The van der Waals surface area contributed by atoms with Gasteiger partial charge >= 0.3 is 0 Å². The zero-order valence-electron chi connectivity index (χ0n) is 12.8. The molecule has 1 saturated heterocycles. The number of ether oxygens (including phenoxy) is 2. The molecule has 1 atom stereocenters. The van der Waals surface area contributed by atoms with Crippen molar-refractivity contribution < 1.29 is 17.9 Å². The van der Waals surface area contributed by atoms with Gasteiger partial charge in [0.05, 0.1) is 11.5 Å². The second kappa shape index (κ2) is 6.34. The molecule has 1 aliphatic heterocycles. The van der Waals surface area contributed by atoms with Gasteiger partial charge in [0, 0.05) is 6.61 Å². The number of benzene rings is 1. The lowest BCUT2D eigenvalue weighted by atomic mass is 10.0. The van der Waals surface area contributed by atoms with Crippen LogP contribution in [0, 0.1) is 6.92 Å². The first-order valence-electron chi connectivity index (χ1n) is 7.20. The Labute approximate surface area is 126 Å². The highest BCUT2D eigenvalue weighted by Gasteiger charge is 2.21. The highest BCUT2D eigenvalue weighted by molar-refractivity contribution is 7.89. The molecular formula is C15H23NO4S. The molecule has 1 aliphatic rings. The number of aryl methyl sites for hydroxylation is 1. The summed E-state index contributed by atoms with van der Waals surface area (Å²) in [5.74, 6) is 0.755. The first-order valence-corrected chi connectivity index (χ1v) is 8.75. The second-order valence-electron chi connectivity index (χ2n) is 5.81. The normalized spacial score (nSPS) is 19.8. The van der Waals surface area contributed by atoms with Crippen LogP contribution in [0.4, 0.5) is 0 Å². The molecule has 2 N–H and O–H groups in total. The minimum Gasteiger partial charge on any atom is -0.488 e. The average Bonchev–Trinajstić information content (AvgIpc) is 2.40. The highest BCUT2D eigenvalue weighted by Crippen LogP contribution is 2.31. The average molecular weight is 313 g/mol. The maximum Gasteiger partial charge on any atom is 0.238 e. The molecule has 0 aliphatic carbocycles. The van der Waals surface area contributed by atoms with Crippen molar-refractivity contribution in [1.82, 2.24) is 0 Å². The lowest BCUT2D eigenvalue weighted by Crippen LogP contribution is -2.28. The number of primary sulfonamides is 1. The van der Waals surface area contributed by atoms with Crippen LogP contribution in [-0.2, 0) is 14.8 Å². The fraction of sp³-hybridized carbons (Fsp3) is 0.600. The van der Waals surface area contributed by atoms with Gasteiger partial charge in [-0.05, 0) is 48.9 Å². The summed E-state index contributed by atoms with van der Waals surface area (Å²) in [4.78, 5) is 0.183. The minimum absolute atomic E-state index is 0.0257. The third-order valence-corrected chi connectivity index (χ3v) is 4.61. The summed E-state index contributed by atoms with van der Waals surface area (Å²) in [5, 5.41) is 5.31. The van der Waals surface area contributed by atoms with Gasteiger partial charge in [-0.3, -0.25) is 0 Å². The Morgan fingerprint density at radius 3 is 2.62 bits per heavy atom. The topological polar surface area (TPSA) is 78.6 Å². The number of hydrogen-bond acceptors (Lipinski definition) is 4. The molecule has 21 heavy (non-hydrogen) atoms. The van der Waals surface area contributed by atoms with Gasteiger partial charge in [-0.1, -0.05) is 13.8 Å². The fourth-order valence-corrected chi connectivity index (χ4v) is 3.45. The fourth-order valence-electron chi connectivity index (χ4n) is 2.49. The monoisotopic (exact) mass is 313 g/mol. The molecule has 0 amide bonds. The standard InChI is InChI=1S/C15H23NO4S/c1-10(2)13-8-14(20-12-5-4-6-19-9-12)11(3)7-15(13)21(16,17)18/h7-8,10,12H,4-6,9H2,1-3H3,(H2,16,17,18). The lowest BCUT2D eigenvalue weighted by molar-refractivity contribution is 0.00709. The van der Waals surface area contributed by atoms with E-state index < -0.39 is 10.0 Å². The van der Waals surface area contributed by atoms with Crippen molar-refractivity contribution in [2.75, 3.05) is 13.2 Å². The van der Waals surface area contributed by atoms with Crippen LogP contribution < -0.4 is 9.88 Å². The van der Waals surface area contributed by atoms with Crippen molar-refractivity contribution in [1.29, 1.82) is 0 Å². The lowest BCUT2D eigenvalue weighted by Gasteiger charge is -2.25. The zero-order valence-corrected chi connectivity index (χ0v) is 13.6. The molecule has 0 bridgehead atoms. The van der Waals surface area contributed by atoms with Gasteiger partial charge in [0.2, 0.25) is 10.0 Å². The molecule has 5 nitrogen and oxygen atoms in total. The van der Waals surface area contributed by atoms with E-state index in [1.807, 2.05) is 20.8 Å². The number of hydrogen-bond donors (Lipinski definition) is 1. The predicted octanol–water partition coefficient (Wildman–Crippen LogP) is 2.32. The Bertz CT molecular complexity index is 604. The molecule has 0 radical (unpaired) electrons. The largest absolute Gasteiger partial charge is 0.488 e. The summed E-state index contributed by atoms with van der Waals surface area (Å²) in [5.41, 5.74) is 1.46. The Morgan fingerprint density at radius 2 is 2.10 bits per heavy atom. The Kier molecular flexibility index (Phi) is 4.91. The van der Waals surface area contributed by atoms with Crippen LogP contribution in [0.5, 0.6) is 5.75 Å². The van der Waals surface area contributed by atoms with E-state index in [9.17, 15) is 8.42 Å². The van der Waals surface area contributed by atoms with Crippen molar-refractivity contribution in [3.05, 3.63) is 23.3 Å². The van der Waals surface area contributed by atoms with Crippen LogP contribution in [0.3, 0.4) is 0 Å². The van der Waals surface area contributed by atoms with Crippen molar-refractivity contribution in [3.63, 3.8) is 0 Å². The van der Waals surface area contributed by atoms with Crippen molar-refractivity contribution in [2.24, 2.45) is 5.14 Å². The molecule has 1 aromatic rings. The Balaban J connectivity index is 2.36. The summed E-state index contributed by atoms with van der Waals surface area (Å²) in [6, 6.07) is 3.40. The number of nitrogens with two attached hydrogens (primary N) is 1. The molecule has 1 fully saturated rings. The molecule has 1 aromatic carbocycles. The SMILES string of the molecule is Cc1cc(S(N)(=O)=O)c(C(C)C)cc1OC1CCCOC1. The van der Waals surface area contributed by atoms with Crippen LogP contribution in [0.15, 0.2) is 17.0 Å². The van der Waals surface area contributed by atoms with E-state index in [-0.39, 0.29) is 16.9 Å². The quantitative estimate of drug-likeness (QED) is 0.925. The first kappa shape index (κ1) is 16.3. The molecule has 0 aromatic heterocycles. The molecule has 1 heterocycles. The van der Waals surface area contributed by atoms with E-state index in [1.54, 1.807) is 12.1 Å². The summed E-state index contributed by atoms with van der Waals surface area (Å²) in [7, 11) is -3.73. The van der Waals surface area contributed by atoms with Crippen LogP contribution >= 0.6 is 0 Å². The maximum absolute atomic E-state index is 11.7. The first-order chi connectivity index (χ1) is 9.79. The minimum atomic E-state index is -3.73. The molecule has 0 saturated carbocycles. The van der Waals surface area contributed by atoms with Crippen molar-refractivity contribution in [2.45, 2.75) is 50.5 Å². The van der Waals surface area contributed by atoms with E-state index in [0.29, 0.717) is 17.9 Å². The van der Waals surface area contributed by atoms with Crippen molar-refractivity contribution in [3.8, 4) is 5.75 Å². The van der Waals surface area contributed by atoms with E-state index in [1.165, 1.54) is 0 Å². The van der Waals surface area contributed by atoms with Gasteiger partial charge < -0.3 is 9.47 Å². The van der Waals surface area contributed by atoms with Gasteiger partial charge in [0.25, 0.3) is 0 Å². The third-order valence-electron chi connectivity index (χ3n) is 3.65.